The molecule has 1 saturated carbocycles. The molecule has 1 aliphatic carbocycles. The molecule has 20 heavy (non-hydrogen) atoms. The number of rotatable bonds is 7. The number of nitrogens with one attached hydrogen (secondary N) is 1. The highest BCUT2D eigenvalue weighted by molar-refractivity contribution is 6.42. The molecule has 0 spiro atoms. The van der Waals surface area contributed by atoms with E-state index in [1.807, 2.05) is 0 Å². The Bertz CT molecular complexity index is 527. The van der Waals surface area contributed by atoms with Crippen LogP contribution in [0.2, 0.25) is 10.0 Å². The quantitative estimate of drug-likeness (QED) is 0.752. The fraction of sp³-hybridized carbons (Fsp3) is 0.357. The van der Waals surface area contributed by atoms with E-state index in [4.69, 9.17) is 33.1 Å². The summed E-state index contributed by atoms with van der Waals surface area (Å²) in [6.07, 6.45) is 3.81. The third-order valence-electron chi connectivity index (χ3n) is 2.91. The topological polar surface area (TPSA) is 58.6 Å². The van der Waals surface area contributed by atoms with Crippen LogP contribution < -0.4 is 5.48 Å². The van der Waals surface area contributed by atoms with Crippen molar-refractivity contribution in [2.24, 2.45) is 5.92 Å². The zero-order valence-corrected chi connectivity index (χ0v) is 12.2. The van der Waals surface area contributed by atoms with Gasteiger partial charge in [0.25, 0.3) is 0 Å². The van der Waals surface area contributed by atoms with Crippen molar-refractivity contribution in [1.82, 2.24) is 5.48 Å². The number of carboxylic acids is 1. The fourth-order valence-electron chi connectivity index (χ4n) is 1.59. The lowest BCUT2D eigenvalue weighted by Gasteiger charge is -2.12. The highest BCUT2D eigenvalue weighted by Gasteiger charge is 2.21. The Hall–Kier alpha value is -1.23. The number of hydrogen-bond donors (Lipinski definition) is 2. The zero-order valence-electron chi connectivity index (χ0n) is 10.7. The van der Waals surface area contributed by atoms with Gasteiger partial charge in [-0.3, -0.25) is 15.1 Å². The van der Waals surface area contributed by atoms with E-state index >= 15 is 0 Å². The lowest BCUT2D eigenvalue weighted by Crippen LogP contribution is -2.15. The molecule has 0 radical (unpaired) electrons. The molecule has 1 fully saturated rings. The van der Waals surface area contributed by atoms with Crippen molar-refractivity contribution < 1.29 is 14.7 Å². The molecule has 6 heteroatoms. The maximum Gasteiger partial charge on any atom is 0.307 e. The van der Waals surface area contributed by atoms with Crippen LogP contribution in [0.1, 0.15) is 24.8 Å². The number of hydrogen-bond acceptors (Lipinski definition) is 3. The van der Waals surface area contributed by atoms with Crippen molar-refractivity contribution in [1.29, 1.82) is 0 Å². The Morgan fingerprint density at radius 2 is 2.15 bits per heavy atom. The largest absolute Gasteiger partial charge is 0.481 e. The minimum atomic E-state index is -0.911. The summed E-state index contributed by atoms with van der Waals surface area (Å²) in [5, 5.41) is 9.63. The maximum atomic E-state index is 10.7. The monoisotopic (exact) mass is 315 g/mol. The van der Waals surface area contributed by atoms with Crippen LogP contribution in [0.25, 0.3) is 5.70 Å². The van der Waals surface area contributed by atoms with Crippen LogP contribution in [0.3, 0.4) is 0 Å². The maximum absolute atomic E-state index is 10.7. The van der Waals surface area contributed by atoms with Gasteiger partial charge in [0.2, 0.25) is 0 Å². The van der Waals surface area contributed by atoms with E-state index in [0.29, 0.717) is 28.3 Å². The first-order chi connectivity index (χ1) is 9.56. The Kier molecular flexibility index (Phi) is 5.29. The Morgan fingerprint density at radius 1 is 1.40 bits per heavy atom. The predicted octanol–water partition coefficient (Wildman–Crippen LogP) is 3.74. The molecule has 0 bridgehead atoms. The molecule has 1 aliphatic rings. The van der Waals surface area contributed by atoms with E-state index in [1.165, 1.54) is 12.8 Å². The van der Waals surface area contributed by atoms with Crippen LogP contribution in [0.5, 0.6) is 0 Å². The van der Waals surface area contributed by atoms with E-state index in [1.54, 1.807) is 24.3 Å². The number of halogens is 2. The van der Waals surface area contributed by atoms with Gasteiger partial charge in [-0.1, -0.05) is 29.3 Å². The summed E-state index contributed by atoms with van der Waals surface area (Å²) in [5.74, 6) is -0.302. The van der Waals surface area contributed by atoms with Crippen molar-refractivity contribution >= 4 is 34.9 Å². The van der Waals surface area contributed by atoms with Crippen molar-refractivity contribution in [2.45, 2.75) is 19.3 Å². The van der Waals surface area contributed by atoms with Gasteiger partial charge in [0.15, 0.2) is 0 Å². The number of hydroxylamine groups is 1. The molecule has 2 N–H and O–H groups in total. The molecule has 1 aromatic rings. The number of aliphatic carboxylic acids is 1. The SMILES string of the molecule is O=C(O)CC=C(NOCC1CC1)c1ccc(Cl)c(Cl)c1. The lowest BCUT2D eigenvalue weighted by molar-refractivity contribution is -0.136. The zero-order chi connectivity index (χ0) is 14.5. The van der Waals surface area contributed by atoms with E-state index in [0.717, 1.165) is 5.56 Å². The van der Waals surface area contributed by atoms with Gasteiger partial charge in [-0.05, 0) is 37.0 Å². The van der Waals surface area contributed by atoms with Crippen LogP contribution >= 0.6 is 23.2 Å². The Balaban J connectivity index is 2.08. The van der Waals surface area contributed by atoms with Gasteiger partial charge in [-0.25, -0.2) is 0 Å². The first-order valence-electron chi connectivity index (χ1n) is 6.31. The molecule has 0 saturated heterocycles. The van der Waals surface area contributed by atoms with Crippen LogP contribution in [0, 0.1) is 5.92 Å². The summed E-state index contributed by atoms with van der Waals surface area (Å²) in [5.41, 5.74) is 4.11. The van der Waals surface area contributed by atoms with Crippen molar-refractivity contribution in [3.05, 3.63) is 39.9 Å². The van der Waals surface area contributed by atoms with Crippen molar-refractivity contribution in [2.75, 3.05) is 6.61 Å². The van der Waals surface area contributed by atoms with Crippen LogP contribution in [0.4, 0.5) is 0 Å². The molecular weight excluding hydrogens is 301 g/mol. The highest BCUT2D eigenvalue weighted by atomic mass is 35.5. The number of benzene rings is 1. The predicted molar refractivity (Wildman–Crippen MR) is 78.5 cm³/mol. The molecule has 1 aromatic carbocycles. The molecule has 4 nitrogen and oxygen atoms in total. The summed E-state index contributed by atoms with van der Waals surface area (Å²) < 4.78 is 0. The number of carbonyl (C=O) groups is 1. The standard InChI is InChI=1S/C14H15Cl2NO3/c15-11-4-3-10(7-12(11)16)13(5-6-14(18)19)17-20-8-9-1-2-9/h3-5,7,9,17H,1-2,6,8H2,(H,18,19). The second-order valence-electron chi connectivity index (χ2n) is 4.70. The lowest BCUT2D eigenvalue weighted by atomic mass is 10.1. The smallest absolute Gasteiger partial charge is 0.307 e. The summed E-state index contributed by atoms with van der Waals surface area (Å²) in [6.45, 7) is 0.617. The molecule has 0 unspecified atom stereocenters. The third-order valence-corrected chi connectivity index (χ3v) is 3.65. The van der Waals surface area contributed by atoms with E-state index in [-0.39, 0.29) is 6.42 Å². The fourth-order valence-corrected chi connectivity index (χ4v) is 1.89. The molecule has 0 heterocycles. The van der Waals surface area contributed by atoms with Gasteiger partial charge in [-0.2, -0.15) is 0 Å². The van der Waals surface area contributed by atoms with Gasteiger partial charge >= 0.3 is 5.97 Å². The Morgan fingerprint density at radius 3 is 2.75 bits per heavy atom. The van der Waals surface area contributed by atoms with Gasteiger partial charge in [0, 0.05) is 5.56 Å². The van der Waals surface area contributed by atoms with Gasteiger partial charge in [0.1, 0.15) is 0 Å². The first kappa shape index (κ1) is 15.2. The minimum Gasteiger partial charge on any atom is -0.481 e. The second-order valence-corrected chi connectivity index (χ2v) is 5.52. The summed E-state index contributed by atoms with van der Waals surface area (Å²) in [6, 6.07) is 5.09. The summed E-state index contributed by atoms with van der Waals surface area (Å²) >= 11 is 11.8. The minimum absolute atomic E-state index is 0.102. The van der Waals surface area contributed by atoms with E-state index < -0.39 is 5.97 Å². The van der Waals surface area contributed by atoms with E-state index in [2.05, 4.69) is 5.48 Å². The molecule has 0 aliphatic heterocycles. The van der Waals surface area contributed by atoms with Gasteiger partial charge < -0.3 is 5.11 Å². The third kappa shape index (κ3) is 4.71. The summed E-state index contributed by atoms with van der Waals surface area (Å²) in [4.78, 5) is 16.1. The highest BCUT2D eigenvalue weighted by Crippen LogP contribution is 2.29. The van der Waals surface area contributed by atoms with E-state index in [9.17, 15) is 4.79 Å². The van der Waals surface area contributed by atoms with Crippen molar-refractivity contribution in [3.63, 3.8) is 0 Å². The molecule has 0 atom stereocenters. The molecule has 108 valence electrons. The van der Waals surface area contributed by atoms with Crippen LogP contribution in [-0.4, -0.2) is 17.7 Å². The molecule has 0 aromatic heterocycles. The van der Waals surface area contributed by atoms with Gasteiger partial charge in [-0.15, -0.1) is 0 Å². The Labute approximate surface area is 127 Å². The van der Waals surface area contributed by atoms with Crippen LogP contribution in [-0.2, 0) is 9.63 Å². The summed E-state index contributed by atoms with van der Waals surface area (Å²) in [7, 11) is 0. The second kappa shape index (κ2) is 6.97. The normalized spacial score (nSPS) is 15.2. The first-order valence-corrected chi connectivity index (χ1v) is 7.07. The average Bonchev–Trinajstić information content (AvgIpc) is 3.21. The average molecular weight is 316 g/mol. The molecular formula is C14H15Cl2NO3. The van der Waals surface area contributed by atoms with Gasteiger partial charge in [0.05, 0.1) is 28.8 Å². The van der Waals surface area contributed by atoms with Crippen molar-refractivity contribution in [3.8, 4) is 0 Å². The molecule has 2 rings (SSSR count). The number of carboxylic acid groups (broad SMARTS) is 1. The molecule has 0 amide bonds. The van der Waals surface area contributed by atoms with Crippen LogP contribution in [0.15, 0.2) is 24.3 Å².